The third-order valence-corrected chi connectivity index (χ3v) is 10.0. The van der Waals surface area contributed by atoms with Crippen LogP contribution in [0.25, 0.3) is 0 Å². The van der Waals surface area contributed by atoms with E-state index in [2.05, 4.69) is 18.3 Å². The average Bonchev–Trinajstić information content (AvgIpc) is 3.36. The minimum Gasteiger partial charge on any atom is -0.549 e. The molecule has 15 heteroatoms. The molecule has 1 amide bonds. The van der Waals surface area contributed by atoms with Crippen LogP contribution in [0, 0.1) is 11.8 Å². The van der Waals surface area contributed by atoms with Gasteiger partial charge in [-0.2, -0.15) is 0 Å². The van der Waals surface area contributed by atoms with E-state index in [9.17, 15) is 49.2 Å². The lowest BCUT2D eigenvalue weighted by Crippen LogP contribution is -2.52. The summed E-state index contributed by atoms with van der Waals surface area (Å²) >= 11 is 0. The van der Waals surface area contributed by atoms with Crippen LogP contribution >= 0.6 is 0 Å². The molecular weight excluding hydrogens is 686 g/mol. The largest absolute Gasteiger partial charge is 0.549 e. The second-order valence-corrected chi connectivity index (χ2v) is 14.1. The van der Waals surface area contributed by atoms with Gasteiger partial charge in [-0.15, -0.1) is 0 Å². The molecule has 0 bridgehead atoms. The number of carboxylic acid groups (broad SMARTS) is 3. The molecule has 53 heavy (non-hydrogen) atoms. The molecule has 1 aliphatic carbocycles. The van der Waals surface area contributed by atoms with Gasteiger partial charge in [0.15, 0.2) is 0 Å². The quantitative estimate of drug-likeness (QED) is 0.0655. The first-order chi connectivity index (χ1) is 25.4. The standard InChI is InChI=1S/C38H63N5O10/c1-2-3-4-5-8-12-30-31(34(46)27-33(30)45)13-9-6-7-10-15-35(47)39-16-11-14-32(38(52)53)43-23-21-40(25-26-44)17-18-41(28-36(48)49)19-20-42(22-24-43)29-37(50)51/h6,8-9,12,26,30-33,45H,2-5,7,10-11,13-25,27-29H2,1H3,(H,39,47)(H,48,49)(H,50,51)(H,52,53)/p-2/b9-6-,12-8+/t30-,31+,32?,33+/m0/s1. The van der Waals surface area contributed by atoms with Gasteiger partial charge in [-0.3, -0.25) is 34.0 Å². The zero-order chi connectivity index (χ0) is 39.0. The van der Waals surface area contributed by atoms with Gasteiger partial charge in [0, 0.05) is 96.7 Å². The molecule has 2 aliphatic rings. The van der Waals surface area contributed by atoms with Gasteiger partial charge in [0.2, 0.25) is 5.91 Å². The molecule has 300 valence electrons. The van der Waals surface area contributed by atoms with Crippen molar-refractivity contribution in [1.82, 2.24) is 24.9 Å². The van der Waals surface area contributed by atoms with Crippen LogP contribution in [-0.2, 0) is 28.8 Å². The minimum absolute atomic E-state index is 0.0831. The number of carbonyl (C=O) groups is 6. The minimum atomic E-state index is -1.30. The SMILES string of the molecule is CCCCC/C=C/[C@@H]1[C@H](O)CC(=O)[C@@H]1C/C=C\CCCC(=O)NCCCC(C(=O)O)N1CCN(CC=O)CCN(CC(=O)[O-])CCN(CC(=O)[O-])CC1. The molecule has 2 rings (SSSR count). The van der Waals surface area contributed by atoms with Crippen molar-refractivity contribution in [2.75, 3.05) is 78.5 Å². The van der Waals surface area contributed by atoms with Crippen LogP contribution in [-0.4, -0.2) is 156 Å². The number of nitrogens with one attached hydrogen (secondary N) is 1. The maximum absolute atomic E-state index is 12.5. The first-order valence-corrected chi connectivity index (χ1v) is 19.2. The van der Waals surface area contributed by atoms with Gasteiger partial charge in [0.25, 0.3) is 0 Å². The van der Waals surface area contributed by atoms with Crippen LogP contribution in [0.4, 0.5) is 0 Å². The predicted octanol–water partition coefficient (Wildman–Crippen LogP) is -0.924. The van der Waals surface area contributed by atoms with E-state index >= 15 is 0 Å². The number of aldehydes is 1. The Hall–Kier alpha value is -3.50. The molecular formula is C38H61N5O10-2. The zero-order valence-corrected chi connectivity index (χ0v) is 31.4. The van der Waals surface area contributed by atoms with E-state index in [1.807, 2.05) is 23.1 Å². The number of unbranched alkanes of at least 4 members (excludes halogenated alkanes) is 4. The first-order valence-electron chi connectivity index (χ1n) is 19.2. The number of aliphatic carboxylic acids is 3. The van der Waals surface area contributed by atoms with Gasteiger partial charge in [0.1, 0.15) is 18.1 Å². The highest BCUT2D eigenvalue weighted by molar-refractivity contribution is 5.84. The van der Waals surface area contributed by atoms with Crippen molar-refractivity contribution in [1.29, 1.82) is 0 Å². The Morgan fingerprint density at radius 3 is 2.06 bits per heavy atom. The zero-order valence-electron chi connectivity index (χ0n) is 31.4. The van der Waals surface area contributed by atoms with Gasteiger partial charge in [0.05, 0.1) is 24.6 Å². The average molecular weight is 748 g/mol. The number of allylic oxidation sites excluding steroid dienone is 3. The number of aliphatic hydroxyl groups is 1. The highest BCUT2D eigenvalue weighted by Crippen LogP contribution is 2.33. The summed E-state index contributed by atoms with van der Waals surface area (Å²) in [5.41, 5.74) is 0. The lowest BCUT2D eigenvalue weighted by atomic mass is 9.90. The van der Waals surface area contributed by atoms with Gasteiger partial charge in [-0.05, 0) is 44.9 Å². The molecule has 15 nitrogen and oxygen atoms in total. The molecule has 3 N–H and O–H groups in total. The summed E-state index contributed by atoms with van der Waals surface area (Å²) in [6, 6.07) is -0.915. The van der Waals surface area contributed by atoms with E-state index in [1.54, 1.807) is 14.7 Å². The summed E-state index contributed by atoms with van der Waals surface area (Å²) in [7, 11) is 0. The second kappa shape index (κ2) is 26.3. The second-order valence-electron chi connectivity index (χ2n) is 14.1. The first kappa shape index (κ1) is 45.7. The molecule has 1 saturated heterocycles. The molecule has 1 heterocycles. The molecule has 1 aliphatic heterocycles. The fraction of sp³-hybridized carbons (Fsp3) is 0.737. The van der Waals surface area contributed by atoms with Crippen molar-refractivity contribution < 1.29 is 49.2 Å². The Bertz CT molecular complexity index is 1210. The molecule has 4 atom stereocenters. The number of carbonyl (C=O) groups excluding carboxylic acids is 5. The third kappa shape index (κ3) is 18.9. The van der Waals surface area contributed by atoms with Crippen molar-refractivity contribution in [2.45, 2.75) is 89.7 Å². The maximum Gasteiger partial charge on any atom is 0.320 e. The number of hydrogen-bond acceptors (Lipinski definition) is 13. The smallest absolute Gasteiger partial charge is 0.320 e. The van der Waals surface area contributed by atoms with E-state index in [4.69, 9.17) is 0 Å². The maximum atomic E-state index is 12.5. The predicted molar refractivity (Wildman–Crippen MR) is 194 cm³/mol. The Labute approximate surface area is 314 Å². The molecule has 1 saturated carbocycles. The molecule has 0 aromatic rings. The monoisotopic (exact) mass is 747 g/mol. The van der Waals surface area contributed by atoms with Crippen LogP contribution in [0.5, 0.6) is 0 Å². The fourth-order valence-electron chi connectivity index (χ4n) is 6.94. The number of ketones is 1. The van der Waals surface area contributed by atoms with E-state index < -0.39 is 36.6 Å². The summed E-state index contributed by atoms with van der Waals surface area (Å²) < 4.78 is 0. The fourth-order valence-corrected chi connectivity index (χ4v) is 6.94. The van der Waals surface area contributed by atoms with Gasteiger partial charge in [-0.25, -0.2) is 0 Å². The van der Waals surface area contributed by atoms with Crippen LogP contribution < -0.4 is 15.5 Å². The van der Waals surface area contributed by atoms with Crippen LogP contribution in [0.3, 0.4) is 0 Å². The Morgan fingerprint density at radius 1 is 0.849 bits per heavy atom. The van der Waals surface area contributed by atoms with Gasteiger partial charge >= 0.3 is 5.97 Å². The number of amides is 1. The summed E-state index contributed by atoms with van der Waals surface area (Å²) in [6.07, 6.45) is 15.4. The molecule has 0 spiro atoms. The third-order valence-electron chi connectivity index (χ3n) is 10.0. The highest BCUT2D eigenvalue weighted by atomic mass is 16.4. The highest BCUT2D eigenvalue weighted by Gasteiger charge is 2.39. The van der Waals surface area contributed by atoms with Crippen molar-refractivity contribution in [2.24, 2.45) is 11.8 Å². The van der Waals surface area contributed by atoms with E-state index in [0.717, 1.165) is 32.0 Å². The molecule has 0 aromatic carbocycles. The van der Waals surface area contributed by atoms with Crippen LogP contribution in [0.15, 0.2) is 24.3 Å². The molecule has 0 radical (unpaired) electrons. The van der Waals surface area contributed by atoms with Crippen molar-refractivity contribution in [3.8, 4) is 0 Å². The molecule has 2 fully saturated rings. The summed E-state index contributed by atoms with van der Waals surface area (Å²) in [5, 5.41) is 46.1. The normalized spacial score (nSPS) is 22.5. The van der Waals surface area contributed by atoms with Gasteiger partial charge < -0.3 is 40.1 Å². The summed E-state index contributed by atoms with van der Waals surface area (Å²) in [6.45, 7) is 3.90. The van der Waals surface area contributed by atoms with Crippen LogP contribution in [0.1, 0.15) is 77.6 Å². The number of aliphatic hydroxyl groups excluding tert-OH is 1. The Morgan fingerprint density at radius 2 is 1.45 bits per heavy atom. The van der Waals surface area contributed by atoms with Crippen molar-refractivity contribution >= 4 is 35.9 Å². The number of hydrogen-bond donors (Lipinski definition) is 3. The number of nitrogens with zero attached hydrogens (tertiary/aromatic N) is 4. The number of Topliss-reactive ketones (excluding diaryl/α,β-unsaturated/α-hetero) is 1. The van der Waals surface area contributed by atoms with Crippen LogP contribution in [0.2, 0.25) is 0 Å². The molecule has 0 aromatic heterocycles. The topological polar surface area (TPSA) is 214 Å². The Balaban J connectivity index is 1.85. The lowest BCUT2D eigenvalue weighted by Gasteiger charge is -2.36. The van der Waals surface area contributed by atoms with E-state index in [1.165, 1.54) is 0 Å². The number of carboxylic acids is 3. The van der Waals surface area contributed by atoms with Crippen molar-refractivity contribution in [3.05, 3.63) is 24.3 Å². The lowest BCUT2D eigenvalue weighted by molar-refractivity contribution is -0.308. The number of rotatable bonds is 23. The van der Waals surface area contributed by atoms with Crippen molar-refractivity contribution in [3.63, 3.8) is 0 Å². The molecule has 1 unspecified atom stereocenters. The summed E-state index contributed by atoms with van der Waals surface area (Å²) in [4.78, 5) is 78.3. The van der Waals surface area contributed by atoms with Gasteiger partial charge in [-0.1, -0.05) is 44.1 Å². The van der Waals surface area contributed by atoms with E-state index in [-0.39, 0.29) is 88.7 Å². The Kier molecular flexibility index (Phi) is 22.7. The van der Waals surface area contributed by atoms with E-state index in [0.29, 0.717) is 51.7 Å². The summed E-state index contributed by atoms with van der Waals surface area (Å²) in [5.74, 6) is -4.07.